The number of anilines is 2. The summed E-state index contributed by atoms with van der Waals surface area (Å²) in [4.78, 5) is 27.1. The predicted molar refractivity (Wildman–Crippen MR) is 136 cm³/mol. The van der Waals surface area contributed by atoms with Crippen LogP contribution in [0, 0.1) is 12.7 Å². The van der Waals surface area contributed by atoms with E-state index in [9.17, 15) is 4.39 Å². The summed E-state index contributed by atoms with van der Waals surface area (Å²) >= 11 is 0. The third-order valence-corrected chi connectivity index (χ3v) is 7.34. The first-order chi connectivity index (χ1) is 17.4. The molecular weight excluding hydrogens is 457 g/mol. The molecule has 6 heterocycles. The number of hydrogen-bond acceptors (Lipinski definition) is 8. The van der Waals surface area contributed by atoms with Gasteiger partial charge in [-0.25, -0.2) is 29.3 Å². The quantitative estimate of drug-likeness (QED) is 0.438. The molecule has 2 aliphatic heterocycles. The monoisotopic (exact) mass is 487 g/mol. The summed E-state index contributed by atoms with van der Waals surface area (Å²) in [6.45, 7) is 9.28. The summed E-state index contributed by atoms with van der Waals surface area (Å²) in [5.41, 5.74) is 3.41. The van der Waals surface area contributed by atoms with Gasteiger partial charge in [0.2, 0.25) is 5.95 Å². The van der Waals surface area contributed by atoms with Gasteiger partial charge in [0, 0.05) is 55.7 Å². The van der Waals surface area contributed by atoms with Crippen molar-refractivity contribution in [3.63, 3.8) is 0 Å². The number of likely N-dealkylation sites (N-methyl/N-ethyl adjacent to an activating group) is 1. The van der Waals surface area contributed by atoms with E-state index in [1.165, 1.54) is 18.2 Å². The van der Waals surface area contributed by atoms with Crippen LogP contribution in [0.1, 0.15) is 37.7 Å². The molecule has 0 aliphatic carbocycles. The van der Waals surface area contributed by atoms with Gasteiger partial charge in [0.05, 0.1) is 11.7 Å². The summed E-state index contributed by atoms with van der Waals surface area (Å²) in [5, 5.41) is 3.11. The molecule has 4 aromatic rings. The molecular formula is C26H30FN9. The van der Waals surface area contributed by atoms with Gasteiger partial charge in [-0.1, -0.05) is 6.07 Å². The molecule has 2 bridgehead atoms. The van der Waals surface area contributed by atoms with E-state index >= 15 is 0 Å². The van der Waals surface area contributed by atoms with Crippen molar-refractivity contribution in [2.24, 2.45) is 0 Å². The van der Waals surface area contributed by atoms with E-state index in [4.69, 9.17) is 0 Å². The molecule has 0 radical (unpaired) electrons. The van der Waals surface area contributed by atoms with E-state index in [0.717, 1.165) is 31.0 Å². The number of imidazole rings is 1. The molecule has 2 aliphatic rings. The Morgan fingerprint density at radius 3 is 2.61 bits per heavy atom. The van der Waals surface area contributed by atoms with E-state index in [2.05, 4.69) is 71.6 Å². The second-order valence-electron chi connectivity index (χ2n) is 10.2. The minimum atomic E-state index is -0.511. The fourth-order valence-corrected chi connectivity index (χ4v) is 5.58. The Kier molecular flexibility index (Phi) is 5.65. The first kappa shape index (κ1) is 22.9. The molecule has 0 aromatic carbocycles. The summed E-state index contributed by atoms with van der Waals surface area (Å²) in [6.07, 6.45) is 5.92. The highest BCUT2D eigenvalue weighted by Gasteiger charge is 2.41. The zero-order valence-electron chi connectivity index (χ0n) is 21.0. The Morgan fingerprint density at radius 2 is 1.92 bits per heavy atom. The maximum atomic E-state index is 14.8. The lowest BCUT2D eigenvalue weighted by Gasteiger charge is -2.31. The average Bonchev–Trinajstić information content (AvgIpc) is 3.52. The van der Waals surface area contributed by atoms with Crippen molar-refractivity contribution in [3.8, 4) is 11.3 Å². The van der Waals surface area contributed by atoms with Gasteiger partial charge in [-0.3, -0.25) is 4.90 Å². The number of aromatic nitrogens is 6. The normalized spacial score (nSPS) is 20.2. The van der Waals surface area contributed by atoms with Crippen LogP contribution in [0.5, 0.6) is 0 Å². The van der Waals surface area contributed by atoms with Gasteiger partial charge < -0.3 is 14.8 Å². The van der Waals surface area contributed by atoms with Gasteiger partial charge in [-0.15, -0.1) is 0 Å². The molecule has 0 amide bonds. The number of aryl methyl sites for hydroxylation is 1. The van der Waals surface area contributed by atoms with Crippen molar-refractivity contribution in [2.75, 3.05) is 25.5 Å². The highest BCUT2D eigenvalue weighted by Crippen LogP contribution is 2.31. The number of nitrogens with zero attached hydrogens (tertiary/aromatic N) is 8. The molecule has 2 fully saturated rings. The topological polar surface area (TPSA) is 87.9 Å². The van der Waals surface area contributed by atoms with E-state index < -0.39 is 5.82 Å². The van der Waals surface area contributed by atoms with E-state index in [0.29, 0.717) is 29.1 Å². The van der Waals surface area contributed by atoms with Gasteiger partial charge in [-0.05, 0) is 51.9 Å². The average molecular weight is 488 g/mol. The van der Waals surface area contributed by atoms with Gasteiger partial charge >= 0.3 is 0 Å². The van der Waals surface area contributed by atoms with Crippen molar-refractivity contribution in [1.29, 1.82) is 0 Å². The molecule has 6 rings (SSSR count). The molecule has 10 heteroatoms. The Balaban J connectivity index is 1.20. The smallest absolute Gasteiger partial charge is 0.229 e. The molecule has 2 atom stereocenters. The maximum absolute atomic E-state index is 14.8. The van der Waals surface area contributed by atoms with Crippen LogP contribution in [-0.4, -0.2) is 71.5 Å². The third-order valence-electron chi connectivity index (χ3n) is 7.34. The minimum absolute atomic E-state index is 0.182. The fourth-order valence-electron chi connectivity index (χ4n) is 5.58. The number of piperazine rings is 1. The second kappa shape index (κ2) is 8.86. The lowest BCUT2D eigenvalue weighted by Crippen LogP contribution is -2.43. The van der Waals surface area contributed by atoms with Crippen LogP contribution < -0.4 is 5.32 Å². The summed E-state index contributed by atoms with van der Waals surface area (Å²) in [5.74, 6) is 1.25. The number of hydrogen-bond donors (Lipinski definition) is 1. The number of nitrogens with one attached hydrogen (secondary N) is 1. The third kappa shape index (κ3) is 4.10. The Hall–Kier alpha value is -3.50. The minimum Gasteiger partial charge on any atom is -0.324 e. The molecule has 0 spiro atoms. The Morgan fingerprint density at radius 1 is 1.06 bits per heavy atom. The number of halogens is 1. The zero-order valence-corrected chi connectivity index (χ0v) is 21.0. The van der Waals surface area contributed by atoms with Crippen LogP contribution >= 0.6 is 0 Å². The zero-order chi connectivity index (χ0) is 25.0. The van der Waals surface area contributed by atoms with Crippen molar-refractivity contribution >= 4 is 22.9 Å². The predicted octanol–water partition coefficient (Wildman–Crippen LogP) is 3.94. The number of pyridine rings is 2. The summed E-state index contributed by atoms with van der Waals surface area (Å²) in [6, 6.07) is 7.39. The molecule has 2 saturated heterocycles. The summed E-state index contributed by atoms with van der Waals surface area (Å²) < 4.78 is 16.9. The SMILES string of the molecule is Cc1nc2ncc(-c3nc(Nc4ccc(CN5C[C@@H]6C[C@H]5CN6C)cn4)ncc3F)cc2n1C(C)C. The largest absolute Gasteiger partial charge is 0.324 e. The number of rotatable bonds is 6. The lowest BCUT2D eigenvalue weighted by atomic mass is 10.2. The van der Waals surface area contributed by atoms with Crippen LogP contribution in [0.2, 0.25) is 0 Å². The van der Waals surface area contributed by atoms with Crippen molar-refractivity contribution in [2.45, 2.75) is 51.9 Å². The molecule has 186 valence electrons. The molecule has 36 heavy (non-hydrogen) atoms. The number of likely N-dealkylation sites (tertiary alicyclic amines) is 2. The maximum Gasteiger partial charge on any atom is 0.229 e. The highest BCUT2D eigenvalue weighted by atomic mass is 19.1. The standard InChI is InChI=1S/C26H30FN9/c1-15(2)36-16(3)31-25-22(36)7-18(10-29-25)24-21(27)11-30-26(33-24)32-23-6-5-17(9-28-23)12-35-14-19-8-20(35)13-34(19)4/h5-7,9-11,15,19-20H,8,12-14H2,1-4H3,(H,28,30,32,33)/t19-,20-/m0/s1. The van der Waals surface area contributed by atoms with Crippen molar-refractivity contribution in [3.05, 3.63) is 54.0 Å². The second-order valence-corrected chi connectivity index (χ2v) is 10.2. The molecule has 4 aromatic heterocycles. The van der Waals surface area contributed by atoms with Crippen LogP contribution in [0.25, 0.3) is 22.4 Å². The molecule has 1 N–H and O–H groups in total. The van der Waals surface area contributed by atoms with Crippen molar-refractivity contribution in [1.82, 2.24) is 39.3 Å². The first-order valence-electron chi connectivity index (χ1n) is 12.4. The number of fused-ring (bicyclic) bond motifs is 3. The van der Waals surface area contributed by atoms with E-state index in [-0.39, 0.29) is 17.7 Å². The Labute approximate surface area is 209 Å². The highest BCUT2D eigenvalue weighted by molar-refractivity contribution is 5.78. The van der Waals surface area contributed by atoms with Gasteiger partial charge in [-0.2, -0.15) is 0 Å². The fraction of sp³-hybridized carbons (Fsp3) is 0.423. The lowest BCUT2D eigenvalue weighted by molar-refractivity contribution is 0.143. The van der Waals surface area contributed by atoms with E-state index in [1.54, 1.807) is 6.20 Å². The molecule has 9 nitrogen and oxygen atoms in total. The first-order valence-corrected chi connectivity index (χ1v) is 12.4. The summed E-state index contributed by atoms with van der Waals surface area (Å²) in [7, 11) is 2.21. The Bertz CT molecular complexity index is 1410. The van der Waals surface area contributed by atoms with E-state index in [1.807, 2.05) is 25.3 Å². The van der Waals surface area contributed by atoms with Crippen LogP contribution in [0.3, 0.4) is 0 Å². The van der Waals surface area contributed by atoms with Gasteiger partial charge in [0.1, 0.15) is 17.3 Å². The van der Waals surface area contributed by atoms with Gasteiger partial charge in [0.15, 0.2) is 11.5 Å². The van der Waals surface area contributed by atoms with Crippen LogP contribution in [-0.2, 0) is 6.54 Å². The van der Waals surface area contributed by atoms with Gasteiger partial charge in [0.25, 0.3) is 0 Å². The van der Waals surface area contributed by atoms with Crippen molar-refractivity contribution < 1.29 is 4.39 Å². The molecule has 0 saturated carbocycles. The van der Waals surface area contributed by atoms with Crippen LogP contribution in [0.15, 0.2) is 36.8 Å². The van der Waals surface area contributed by atoms with Crippen LogP contribution in [0.4, 0.5) is 16.2 Å². The molecule has 0 unspecified atom stereocenters.